The van der Waals surface area contributed by atoms with E-state index in [4.69, 9.17) is 0 Å². The molecule has 1 N–H and O–H groups in total. The second kappa shape index (κ2) is 3.49. The van der Waals surface area contributed by atoms with Gasteiger partial charge in [0.25, 0.3) is 0 Å². The van der Waals surface area contributed by atoms with Gasteiger partial charge in [0.1, 0.15) is 5.69 Å². The molecular formula is C8H11F2N3S. The Morgan fingerprint density at radius 2 is 2.21 bits per heavy atom. The molecule has 1 atom stereocenters. The van der Waals surface area contributed by atoms with E-state index in [1.54, 1.807) is 0 Å². The first-order chi connectivity index (χ1) is 6.62. The number of rotatable bonds is 0. The van der Waals surface area contributed by atoms with Crippen LogP contribution in [0.2, 0.25) is 0 Å². The van der Waals surface area contributed by atoms with Crippen molar-refractivity contribution in [2.45, 2.75) is 36.9 Å². The smallest absolute Gasteiger partial charge is 0.256 e. The maximum Gasteiger partial charge on any atom is 0.302 e. The molecule has 0 fully saturated rings. The molecule has 0 aromatic carbocycles. The van der Waals surface area contributed by atoms with E-state index in [0.29, 0.717) is 18.5 Å². The highest BCUT2D eigenvalue weighted by molar-refractivity contribution is 7.81. The van der Waals surface area contributed by atoms with Gasteiger partial charge >= 0.3 is 5.92 Å². The lowest BCUT2D eigenvalue weighted by molar-refractivity contribution is -0.0151. The SMILES string of the molecule is FC1(F)c2[nH]nnc2CCCCC1S. The molecule has 0 bridgehead atoms. The summed E-state index contributed by atoms with van der Waals surface area (Å²) in [6, 6.07) is 0. The number of hydrogen-bond donors (Lipinski definition) is 2. The van der Waals surface area contributed by atoms with Crippen LogP contribution in [0.4, 0.5) is 8.78 Å². The molecule has 0 spiro atoms. The topological polar surface area (TPSA) is 41.6 Å². The molecule has 1 aromatic rings. The van der Waals surface area contributed by atoms with Crippen molar-refractivity contribution in [2.75, 3.05) is 0 Å². The molecule has 0 amide bonds. The van der Waals surface area contributed by atoms with Crippen molar-refractivity contribution in [3.63, 3.8) is 0 Å². The minimum atomic E-state index is -2.94. The average Bonchev–Trinajstić information content (AvgIpc) is 2.58. The number of nitrogens with one attached hydrogen (secondary N) is 1. The van der Waals surface area contributed by atoms with Crippen LogP contribution in [0.25, 0.3) is 0 Å². The van der Waals surface area contributed by atoms with Crippen LogP contribution in [0, 0.1) is 0 Å². The largest absolute Gasteiger partial charge is 0.302 e. The lowest BCUT2D eigenvalue weighted by Gasteiger charge is -2.24. The molecule has 2 rings (SSSR count). The fourth-order valence-corrected chi connectivity index (χ4v) is 1.98. The predicted octanol–water partition coefficient (Wildman–Crippen LogP) is 1.92. The Labute approximate surface area is 85.7 Å². The van der Waals surface area contributed by atoms with E-state index in [1.807, 2.05) is 0 Å². The Kier molecular flexibility index (Phi) is 2.47. The summed E-state index contributed by atoms with van der Waals surface area (Å²) >= 11 is 3.93. The number of nitrogens with zero attached hydrogens (tertiary/aromatic N) is 2. The van der Waals surface area contributed by atoms with Crippen molar-refractivity contribution in [3.8, 4) is 0 Å². The minimum absolute atomic E-state index is 0.155. The molecule has 1 unspecified atom stereocenters. The molecule has 78 valence electrons. The standard InChI is InChI=1S/C8H11F2N3S/c9-8(10)6(14)4-2-1-3-5-7(8)12-13-11-5/h6,14H,1-4H2,(H,11,12,13). The lowest BCUT2D eigenvalue weighted by atomic mass is 9.98. The molecule has 1 aliphatic rings. The van der Waals surface area contributed by atoms with E-state index in [9.17, 15) is 8.78 Å². The van der Waals surface area contributed by atoms with Crippen LogP contribution in [-0.2, 0) is 12.3 Å². The van der Waals surface area contributed by atoms with E-state index in [1.165, 1.54) is 0 Å². The Balaban J connectivity index is 2.41. The van der Waals surface area contributed by atoms with E-state index in [0.717, 1.165) is 12.8 Å². The van der Waals surface area contributed by atoms with Crippen LogP contribution in [0.5, 0.6) is 0 Å². The van der Waals surface area contributed by atoms with Crippen molar-refractivity contribution in [1.82, 2.24) is 15.4 Å². The van der Waals surface area contributed by atoms with Crippen LogP contribution in [0.15, 0.2) is 0 Å². The van der Waals surface area contributed by atoms with E-state index >= 15 is 0 Å². The summed E-state index contributed by atoms with van der Waals surface area (Å²) < 4.78 is 27.4. The van der Waals surface area contributed by atoms with Crippen LogP contribution in [0.1, 0.15) is 30.7 Å². The molecule has 0 saturated carbocycles. The molecule has 0 saturated heterocycles. The zero-order chi connectivity index (χ0) is 10.2. The second-order valence-corrected chi connectivity index (χ2v) is 4.14. The minimum Gasteiger partial charge on any atom is -0.256 e. The van der Waals surface area contributed by atoms with Gasteiger partial charge in [0, 0.05) is 0 Å². The van der Waals surface area contributed by atoms with Crippen LogP contribution in [0.3, 0.4) is 0 Å². The van der Waals surface area contributed by atoms with E-state index < -0.39 is 11.2 Å². The number of thiol groups is 1. The third kappa shape index (κ3) is 1.51. The maximum absolute atomic E-state index is 13.7. The number of aromatic amines is 1. The van der Waals surface area contributed by atoms with Gasteiger partial charge in [-0.2, -0.15) is 21.4 Å². The average molecular weight is 219 g/mol. The fraction of sp³-hybridized carbons (Fsp3) is 0.750. The number of halogens is 2. The highest BCUT2D eigenvalue weighted by Crippen LogP contribution is 2.39. The molecule has 1 aliphatic carbocycles. The molecule has 3 nitrogen and oxygen atoms in total. The van der Waals surface area contributed by atoms with Crippen molar-refractivity contribution in [2.24, 2.45) is 0 Å². The molecule has 1 heterocycles. The van der Waals surface area contributed by atoms with Gasteiger partial charge in [0.2, 0.25) is 0 Å². The summed E-state index contributed by atoms with van der Waals surface area (Å²) in [4.78, 5) is 0. The van der Waals surface area contributed by atoms with Crippen molar-refractivity contribution < 1.29 is 8.78 Å². The summed E-state index contributed by atoms with van der Waals surface area (Å²) in [7, 11) is 0. The fourth-order valence-electron chi connectivity index (χ4n) is 1.67. The zero-order valence-corrected chi connectivity index (χ0v) is 8.40. The molecular weight excluding hydrogens is 208 g/mol. The zero-order valence-electron chi connectivity index (χ0n) is 7.50. The van der Waals surface area contributed by atoms with Crippen molar-refractivity contribution in [1.29, 1.82) is 0 Å². The highest BCUT2D eigenvalue weighted by Gasteiger charge is 2.43. The molecule has 6 heteroatoms. The van der Waals surface area contributed by atoms with E-state index in [2.05, 4.69) is 28.0 Å². The van der Waals surface area contributed by atoms with E-state index in [-0.39, 0.29) is 5.69 Å². The third-order valence-corrected chi connectivity index (χ3v) is 3.10. The summed E-state index contributed by atoms with van der Waals surface area (Å²) in [6.07, 6.45) is 2.62. The van der Waals surface area contributed by atoms with Gasteiger partial charge in [-0.15, -0.1) is 5.10 Å². The first kappa shape index (κ1) is 9.89. The van der Waals surface area contributed by atoms with Crippen molar-refractivity contribution in [3.05, 3.63) is 11.4 Å². The van der Waals surface area contributed by atoms with Gasteiger partial charge in [-0.1, -0.05) is 11.6 Å². The summed E-state index contributed by atoms with van der Waals surface area (Å²) in [5.41, 5.74) is 0.228. The third-order valence-electron chi connectivity index (χ3n) is 2.51. The Bertz CT molecular complexity index is 326. The summed E-state index contributed by atoms with van der Waals surface area (Å²) in [6.45, 7) is 0. The molecule has 14 heavy (non-hydrogen) atoms. The Hall–Kier alpha value is -0.650. The first-order valence-corrected chi connectivity index (χ1v) is 5.10. The number of hydrogen-bond acceptors (Lipinski definition) is 3. The van der Waals surface area contributed by atoms with Crippen molar-refractivity contribution >= 4 is 12.6 Å². The maximum atomic E-state index is 13.7. The Morgan fingerprint density at radius 1 is 1.43 bits per heavy atom. The molecule has 1 aromatic heterocycles. The Morgan fingerprint density at radius 3 is 3.00 bits per heavy atom. The van der Waals surface area contributed by atoms with Gasteiger partial charge < -0.3 is 0 Å². The summed E-state index contributed by atoms with van der Waals surface area (Å²) in [5, 5.41) is 8.44. The van der Waals surface area contributed by atoms with Crippen LogP contribution < -0.4 is 0 Å². The number of aryl methyl sites for hydroxylation is 1. The number of fused-ring (bicyclic) bond motifs is 1. The van der Waals surface area contributed by atoms with Crippen LogP contribution in [-0.4, -0.2) is 20.7 Å². The second-order valence-electron chi connectivity index (χ2n) is 3.52. The van der Waals surface area contributed by atoms with Gasteiger partial charge in [0.05, 0.1) is 10.9 Å². The number of H-pyrrole nitrogens is 1. The number of aromatic nitrogens is 3. The first-order valence-electron chi connectivity index (χ1n) is 4.58. The van der Waals surface area contributed by atoms with Gasteiger partial charge in [-0.3, -0.25) is 5.10 Å². The summed E-state index contributed by atoms with van der Waals surface area (Å²) in [5.74, 6) is -2.94. The normalized spacial score (nSPS) is 26.4. The number of alkyl halides is 2. The molecule has 0 aliphatic heterocycles. The molecule has 0 radical (unpaired) electrons. The quantitative estimate of drug-likeness (QED) is 0.654. The van der Waals surface area contributed by atoms with Crippen LogP contribution >= 0.6 is 12.6 Å². The van der Waals surface area contributed by atoms with Gasteiger partial charge in [-0.25, -0.2) is 0 Å². The lowest BCUT2D eigenvalue weighted by Crippen LogP contribution is -2.29. The van der Waals surface area contributed by atoms with Gasteiger partial charge in [-0.05, 0) is 19.3 Å². The predicted molar refractivity (Wildman–Crippen MR) is 50.6 cm³/mol. The monoisotopic (exact) mass is 219 g/mol. The van der Waals surface area contributed by atoms with Gasteiger partial charge in [0.15, 0.2) is 0 Å². The highest BCUT2D eigenvalue weighted by atomic mass is 32.1.